The van der Waals surface area contributed by atoms with Crippen LogP contribution in [0.2, 0.25) is 0 Å². The summed E-state index contributed by atoms with van der Waals surface area (Å²) in [6.45, 7) is 5.93. The molecule has 0 radical (unpaired) electrons. The molecule has 1 aliphatic carbocycles. The fraction of sp³-hybridized carbons (Fsp3) is 0.667. The Hall–Kier alpha value is -0.590. The van der Waals surface area contributed by atoms with Gasteiger partial charge < -0.3 is 4.79 Å². The van der Waals surface area contributed by atoms with E-state index >= 15 is 0 Å². The Labute approximate surface area is 62.1 Å². The van der Waals surface area contributed by atoms with Gasteiger partial charge in [-0.05, 0) is 25.2 Å². The van der Waals surface area contributed by atoms with E-state index < -0.39 is 0 Å². The molecule has 1 rings (SSSR count). The van der Waals surface area contributed by atoms with Crippen molar-refractivity contribution in [3.8, 4) is 0 Å². The zero-order valence-electron chi connectivity index (χ0n) is 6.47. The second kappa shape index (κ2) is 3.00. The molecular weight excluding hydrogens is 124 g/mol. The first kappa shape index (κ1) is 7.52. The molecule has 0 aromatic rings. The number of hydrogen-bond donors (Lipinski definition) is 0. The lowest BCUT2D eigenvalue weighted by Gasteiger charge is -2.12. The zero-order chi connectivity index (χ0) is 7.56. The third-order valence-electron chi connectivity index (χ3n) is 2.39. The Bertz CT molecular complexity index is 149. The van der Waals surface area contributed by atoms with Gasteiger partial charge in [0.05, 0.1) is 0 Å². The number of allylic oxidation sites excluding steroid dienone is 1. The summed E-state index contributed by atoms with van der Waals surface area (Å²) >= 11 is 0. The molecule has 0 aromatic carbocycles. The van der Waals surface area contributed by atoms with Gasteiger partial charge >= 0.3 is 0 Å². The second-order valence-corrected chi connectivity index (χ2v) is 3.15. The Morgan fingerprint density at radius 1 is 1.80 bits per heavy atom. The van der Waals surface area contributed by atoms with Crippen LogP contribution in [-0.2, 0) is 4.79 Å². The van der Waals surface area contributed by atoms with Crippen molar-refractivity contribution in [2.45, 2.75) is 26.2 Å². The minimum atomic E-state index is 0.190. The normalized spacial score (nSPS) is 28.5. The summed E-state index contributed by atoms with van der Waals surface area (Å²) in [5.74, 6) is 0.674. The number of rotatable bonds is 2. The van der Waals surface area contributed by atoms with Crippen LogP contribution in [0.4, 0.5) is 0 Å². The van der Waals surface area contributed by atoms with Crippen molar-refractivity contribution in [1.82, 2.24) is 0 Å². The van der Waals surface area contributed by atoms with E-state index in [1.807, 2.05) is 6.92 Å². The number of hydrogen-bond acceptors (Lipinski definition) is 1. The molecule has 0 aromatic heterocycles. The van der Waals surface area contributed by atoms with Gasteiger partial charge in [0, 0.05) is 5.92 Å². The molecule has 1 saturated carbocycles. The third kappa shape index (κ3) is 1.28. The van der Waals surface area contributed by atoms with Crippen molar-refractivity contribution < 1.29 is 4.79 Å². The van der Waals surface area contributed by atoms with Gasteiger partial charge in [-0.15, -0.1) is 0 Å². The Morgan fingerprint density at radius 2 is 2.50 bits per heavy atom. The van der Waals surface area contributed by atoms with Gasteiger partial charge in [0.15, 0.2) is 0 Å². The van der Waals surface area contributed by atoms with Gasteiger partial charge in [-0.2, -0.15) is 0 Å². The van der Waals surface area contributed by atoms with Crippen LogP contribution >= 0.6 is 0 Å². The summed E-state index contributed by atoms with van der Waals surface area (Å²) in [6, 6.07) is 0. The predicted molar refractivity (Wildman–Crippen MR) is 41.7 cm³/mol. The summed E-state index contributed by atoms with van der Waals surface area (Å²) < 4.78 is 0. The van der Waals surface area contributed by atoms with Crippen LogP contribution in [0.25, 0.3) is 0 Å². The van der Waals surface area contributed by atoms with Crippen LogP contribution in [0.3, 0.4) is 0 Å². The molecule has 0 aliphatic heterocycles. The van der Waals surface area contributed by atoms with E-state index in [-0.39, 0.29) is 5.92 Å². The Kier molecular flexibility index (Phi) is 2.25. The van der Waals surface area contributed by atoms with Gasteiger partial charge in [-0.3, -0.25) is 0 Å². The molecule has 1 fully saturated rings. The van der Waals surface area contributed by atoms with Crippen LogP contribution in [0.1, 0.15) is 26.2 Å². The molecule has 0 spiro atoms. The molecule has 0 heterocycles. The molecule has 0 unspecified atom stereocenters. The highest BCUT2D eigenvalue weighted by molar-refractivity contribution is 5.54. The Balaban J connectivity index is 2.54. The zero-order valence-corrected chi connectivity index (χ0v) is 6.47. The molecule has 1 nitrogen and oxygen atoms in total. The average molecular weight is 138 g/mol. The minimum absolute atomic E-state index is 0.190. The van der Waals surface area contributed by atoms with E-state index in [4.69, 9.17) is 0 Å². The van der Waals surface area contributed by atoms with Crippen molar-refractivity contribution in [2.24, 2.45) is 11.8 Å². The monoisotopic (exact) mass is 138 g/mol. The minimum Gasteiger partial charge on any atom is -0.303 e. The SMILES string of the molecule is C=C1CCC[C@@H]1[C@@H](C)C=O. The molecule has 0 bridgehead atoms. The summed E-state index contributed by atoms with van der Waals surface area (Å²) in [6.07, 6.45) is 4.56. The maximum Gasteiger partial charge on any atom is 0.123 e. The van der Waals surface area contributed by atoms with E-state index in [9.17, 15) is 4.79 Å². The lowest BCUT2D eigenvalue weighted by atomic mass is 9.91. The molecular formula is C9H14O. The summed E-state index contributed by atoms with van der Waals surface area (Å²) in [5.41, 5.74) is 1.28. The van der Waals surface area contributed by atoms with Crippen molar-refractivity contribution in [3.63, 3.8) is 0 Å². The van der Waals surface area contributed by atoms with Crippen molar-refractivity contribution in [1.29, 1.82) is 0 Å². The van der Waals surface area contributed by atoms with Crippen LogP contribution in [0, 0.1) is 11.8 Å². The van der Waals surface area contributed by atoms with Gasteiger partial charge in [0.1, 0.15) is 6.29 Å². The first-order valence-corrected chi connectivity index (χ1v) is 3.88. The van der Waals surface area contributed by atoms with Gasteiger partial charge in [-0.25, -0.2) is 0 Å². The summed E-state index contributed by atoms with van der Waals surface area (Å²) in [5, 5.41) is 0. The smallest absolute Gasteiger partial charge is 0.123 e. The maximum atomic E-state index is 10.4. The summed E-state index contributed by atoms with van der Waals surface area (Å²) in [7, 11) is 0. The largest absolute Gasteiger partial charge is 0.303 e. The summed E-state index contributed by atoms with van der Waals surface area (Å²) in [4.78, 5) is 10.4. The number of aldehydes is 1. The topological polar surface area (TPSA) is 17.1 Å². The van der Waals surface area contributed by atoms with Crippen LogP contribution < -0.4 is 0 Å². The van der Waals surface area contributed by atoms with Crippen LogP contribution in [0.5, 0.6) is 0 Å². The van der Waals surface area contributed by atoms with Gasteiger partial charge in [0.2, 0.25) is 0 Å². The Morgan fingerprint density at radius 3 is 2.90 bits per heavy atom. The molecule has 1 heteroatoms. The second-order valence-electron chi connectivity index (χ2n) is 3.15. The fourth-order valence-corrected chi connectivity index (χ4v) is 1.67. The van der Waals surface area contributed by atoms with E-state index in [1.54, 1.807) is 0 Å². The highest BCUT2D eigenvalue weighted by Crippen LogP contribution is 2.34. The maximum absolute atomic E-state index is 10.4. The first-order valence-electron chi connectivity index (χ1n) is 3.88. The number of carbonyl (C=O) groups excluding carboxylic acids is 1. The van der Waals surface area contributed by atoms with Crippen molar-refractivity contribution in [3.05, 3.63) is 12.2 Å². The quantitative estimate of drug-likeness (QED) is 0.422. The van der Waals surface area contributed by atoms with Gasteiger partial charge in [0.25, 0.3) is 0 Å². The standard InChI is InChI=1S/C9H14O/c1-7-4-3-5-9(7)8(2)6-10/h6,8-9H,1,3-5H2,2H3/t8-,9-/m0/s1. The van der Waals surface area contributed by atoms with E-state index in [2.05, 4.69) is 6.58 Å². The number of carbonyl (C=O) groups is 1. The molecule has 10 heavy (non-hydrogen) atoms. The molecule has 56 valence electrons. The average Bonchev–Trinajstić information content (AvgIpc) is 2.34. The molecule has 2 atom stereocenters. The van der Waals surface area contributed by atoms with Crippen LogP contribution in [0.15, 0.2) is 12.2 Å². The molecule has 0 amide bonds. The predicted octanol–water partition coefficient (Wildman–Crippen LogP) is 2.18. The van der Waals surface area contributed by atoms with Crippen molar-refractivity contribution >= 4 is 6.29 Å². The fourth-order valence-electron chi connectivity index (χ4n) is 1.67. The third-order valence-corrected chi connectivity index (χ3v) is 2.39. The van der Waals surface area contributed by atoms with Crippen molar-refractivity contribution in [2.75, 3.05) is 0 Å². The molecule has 1 aliphatic rings. The lowest BCUT2D eigenvalue weighted by molar-refractivity contribution is -0.111. The van der Waals surface area contributed by atoms with E-state index in [0.29, 0.717) is 5.92 Å². The van der Waals surface area contributed by atoms with Gasteiger partial charge in [-0.1, -0.05) is 19.1 Å². The first-order chi connectivity index (χ1) is 4.75. The lowest BCUT2D eigenvalue weighted by Crippen LogP contribution is -2.09. The highest BCUT2D eigenvalue weighted by Gasteiger charge is 2.23. The van der Waals surface area contributed by atoms with E-state index in [1.165, 1.54) is 18.4 Å². The molecule has 0 N–H and O–H groups in total. The molecule has 0 saturated heterocycles. The van der Waals surface area contributed by atoms with E-state index in [0.717, 1.165) is 12.7 Å². The highest BCUT2D eigenvalue weighted by atomic mass is 16.1. The van der Waals surface area contributed by atoms with Crippen LogP contribution in [-0.4, -0.2) is 6.29 Å².